The van der Waals surface area contributed by atoms with E-state index in [-0.39, 0.29) is 24.9 Å². The largest absolute Gasteiger partial charge is 0.467 e. The zero-order valence-corrected chi connectivity index (χ0v) is 19.5. The molecule has 2 heterocycles. The third-order valence-electron chi connectivity index (χ3n) is 5.72. The van der Waals surface area contributed by atoms with Gasteiger partial charge in [0.2, 0.25) is 0 Å². The molecular weight excluding hydrogens is 489 g/mol. The summed E-state index contributed by atoms with van der Waals surface area (Å²) in [5.74, 6) is -0.0454. The van der Waals surface area contributed by atoms with Crippen molar-refractivity contribution in [3.8, 4) is 0 Å². The topological polar surface area (TPSA) is 62.6 Å². The Morgan fingerprint density at radius 2 is 1.72 bits per heavy atom. The molecule has 0 unspecified atom stereocenters. The average molecular weight is 509 g/mol. The van der Waals surface area contributed by atoms with Crippen molar-refractivity contribution in [1.82, 2.24) is 5.32 Å². The molecule has 1 N–H and O–H groups in total. The number of anilines is 1. The number of amides is 2. The fourth-order valence-corrected chi connectivity index (χ4v) is 4.94. The van der Waals surface area contributed by atoms with E-state index in [1.807, 2.05) is 12.1 Å². The molecule has 3 aromatic carbocycles. The minimum atomic E-state index is -4.45. The number of hydrogen-bond donors (Lipinski definition) is 1. The lowest BCUT2D eigenvalue weighted by Crippen LogP contribution is -2.31. The minimum Gasteiger partial charge on any atom is -0.467 e. The van der Waals surface area contributed by atoms with Crippen molar-refractivity contribution < 1.29 is 27.2 Å². The summed E-state index contributed by atoms with van der Waals surface area (Å²) < 4.78 is 44.3. The zero-order valence-electron chi connectivity index (χ0n) is 18.7. The maximum absolute atomic E-state index is 13.6. The van der Waals surface area contributed by atoms with Crippen LogP contribution in [0.5, 0.6) is 0 Å². The molecule has 1 aliphatic heterocycles. The predicted molar refractivity (Wildman–Crippen MR) is 129 cm³/mol. The molecule has 182 valence electrons. The van der Waals surface area contributed by atoms with Gasteiger partial charge < -0.3 is 14.6 Å². The molecule has 36 heavy (non-hydrogen) atoms. The molecule has 0 saturated heterocycles. The maximum atomic E-state index is 13.6. The van der Waals surface area contributed by atoms with Crippen LogP contribution >= 0.6 is 11.8 Å². The van der Waals surface area contributed by atoms with Gasteiger partial charge >= 0.3 is 6.18 Å². The van der Waals surface area contributed by atoms with Crippen molar-refractivity contribution in [1.29, 1.82) is 0 Å². The van der Waals surface area contributed by atoms with Crippen LogP contribution in [0.3, 0.4) is 0 Å². The van der Waals surface area contributed by atoms with Crippen molar-refractivity contribution >= 4 is 29.3 Å². The molecule has 1 aliphatic rings. The molecule has 0 spiro atoms. The van der Waals surface area contributed by atoms with Crippen LogP contribution < -0.4 is 10.2 Å². The van der Waals surface area contributed by atoms with Gasteiger partial charge in [0, 0.05) is 15.4 Å². The average Bonchev–Trinajstić information content (AvgIpc) is 3.36. The second-order valence-corrected chi connectivity index (χ2v) is 9.21. The molecule has 9 heteroatoms. The molecule has 5 rings (SSSR count). The Morgan fingerprint density at radius 3 is 2.44 bits per heavy atom. The quantitative estimate of drug-likeness (QED) is 0.333. The third kappa shape index (κ3) is 4.87. The Balaban J connectivity index is 1.49. The van der Waals surface area contributed by atoms with E-state index in [2.05, 4.69) is 5.32 Å². The van der Waals surface area contributed by atoms with E-state index in [1.54, 1.807) is 42.5 Å². The van der Waals surface area contributed by atoms with Gasteiger partial charge in [0.25, 0.3) is 11.8 Å². The van der Waals surface area contributed by atoms with Gasteiger partial charge in [-0.05, 0) is 60.2 Å². The molecule has 0 atom stereocenters. The van der Waals surface area contributed by atoms with Crippen molar-refractivity contribution in [2.75, 3.05) is 4.90 Å². The number of halogens is 3. The second-order valence-electron chi connectivity index (χ2n) is 8.13. The third-order valence-corrected chi connectivity index (χ3v) is 6.86. The summed E-state index contributed by atoms with van der Waals surface area (Å²) in [5, 5.41) is 2.79. The maximum Gasteiger partial charge on any atom is 0.416 e. The van der Waals surface area contributed by atoms with Gasteiger partial charge in [-0.2, -0.15) is 13.2 Å². The molecular formula is C27H19F3N2O3S. The number of rotatable bonds is 5. The van der Waals surface area contributed by atoms with Crippen molar-refractivity contribution in [3.05, 3.63) is 113 Å². The zero-order chi connectivity index (χ0) is 25.3. The van der Waals surface area contributed by atoms with Gasteiger partial charge in [-0.3, -0.25) is 9.59 Å². The first-order valence-electron chi connectivity index (χ1n) is 11.0. The van der Waals surface area contributed by atoms with Crippen LogP contribution in [0.2, 0.25) is 0 Å². The fourth-order valence-electron chi connectivity index (χ4n) is 3.88. The molecule has 0 aliphatic carbocycles. The summed E-state index contributed by atoms with van der Waals surface area (Å²) in [6.07, 6.45) is -2.93. The van der Waals surface area contributed by atoms with Gasteiger partial charge in [-0.15, -0.1) is 0 Å². The van der Waals surface area contributed by atoms with Crippen molar-refractivity contribution in [3.63, 3.8) is 0 Å². The van der Waals surface area contributed by atoms with E-state index in [0.717, 1.165) is 21.9 Å². The van der Waals surface area contributed by atoms with Gasteiger partial charge in [0.15, 0.2) is 0 Å². The normalized spacial score (nSPS) is 13.1. The Bertz CT molecular complexity index is 1420. The van der Waals surface area contributed by atoms with E-state index < -0.39 is 11.7 Å². The Kier molecular flexibility index (Phi) is 6.32. The summed E-state index contributed by atoms with van der Waals surface area (Å²) in [5.41, 5.74) is 1.10. The highest BCUT2D eigenvalue weighted by atomic mass is 32.2. The standard InChI is InChI=1S/C27H19F3N2O3S/c28-27(29,30)19-10-7-17(8-11-19)16-32-22-14-18(25(33)31-15-20-4-3-13-35-20)9-12-24(22)36-23-6-2-1-5-21(23)26(32)34/h1-14H,15-16H2,(H,31,33). The molecule has 0 saturated carbocycles. The summed E-state index contributed by atoms with van der Waals surface area (Å²) in [7, 11) is 0. The first-order valence-corrected chi connectivity index (χ1v) is 11.8. The molecule has 4 aromatic rings. The monoisotopic (exact) mass is 508 g/mol. The Labute approximate surface area is 208 Å². The van der Waals surface area contributed by atoms with Crippen molar-refractivity contribution in [2.24, 2.45) is 0 Å². The van der Waals surface area contributed by atoms with Crippen LogP contribution in [0.1, 0.15) is 37.6 Å². The van der Waals surface area contributed by atoms with E-state index >= 15 is 0 Å². The Hall–Kier alpha value is -3.98. The van der Waals surface area contributed by atoms with Crippen molar-refractivity contribution in [2.45, 2.75) is 29.1 Å². The van der Waals surface area contributed by atoms with Crippen LogP contribution in [0.25, 0.3) is 0 Å². The number of nitrogens with one attached hydrogen (secondary N) is 1. The molecule has 2 amide bonds. The predicted octanol–water partition coefficient (Wildman–Crippen LogP) is 6.54. The number of furan rings is 1. The van der Waals surface area contributed by atoms with Gasteiger partial charge in [0.1, 0.15) is 5.76 Å². The fraction of sp³-hybridized carbons (Fsp3) is 0.111. The number of alkyl halides is 3. The molecule has 1 aromatic heterocycles. The highest BCUT2D eigenvalue weighted by Gasteiger charge is 2.31. The van der Waals surface area contributed by atoms with Crippen LogP contribution in [0.4, 0.5) is 18.9 Å². The molecule has 5 nitrogen and oxygen atoms in total. The molecule has 0 radical (unpaired) electrons. The van der Waals surface area contributed by atoms with Gasteiger partial charge in [0.05, 0.1) is 36.2 Å². The lowest BCUT2D eigenvalue weighted by Gasteiger charge is -2.24. The summed E-state index contributed by atoms with van der Waals surface area (Å²) in [6, 6.07) is 20.4. The number of nitrogens with zero attached hydrogens (tertiary/aromatic N) is 1. The van der Waals surface area contributed by atoms with Gasteiger partial charge in [-0.25, -0.2) is 0 Å². The number of carbonyl (C=O) groups is 2. The van der Waals surface area contributed by atoms with Crippen LogP contribution in [0.15, 0.2) is 99.3 Å². The van der Waals surface area contributed by atoms with Crippen LogP contribution in [0, 0.1) is 0 Å². The SMILES string of the molecule is O=C(NCc1ccco1)c1ccc2c(c1)N(Cc1ccc(C(F)(F)F)cc1)C(=O)c1ccccc1S2. The van der Waals surface area contributed by atoms with Gasteiger partial charge in [-0.1, -0.05) is 36.0 Å². The lowest BCUT2D eigenvalue weighted by atomic mass is 10.1. The Morgan fingerprint density at radius 1 is 0.944 bits per heavy atom. The lowest BCUT2D eigenvalue weighted by molar-refractivity contribution is -0.137. The summed E-state index contributed by atoms with van der Waals surface area (Å²) in [4.78, 5) is 29.5. The highest BCUT2D eigenvalue weighted by molar-refractivity contribution is 7.99. The van der Waals surface area contributed by atoms with E-state index in [1.165, 1.54) is 35.1 Å². The smallest absolute Gasteiger partial charge is 0.416 e. The first-order chi connectivity index (χ1) is 17.3. The van der Waals surface area contributed by atoms with Crippen LogP contribution in [-0.4, -0.2) is 11.8 Å². The van der Waals surface area contributed by atoms with E-state index in [4.69, 9.17) is 4.42 Å². The number of carbonyl (C=O) groups excluding carboxylic acids is 2. The molecule has 0 bridgehead atoms. The summed E-state index contributed by atoms with van der Waals surface area (Å²) >= 11 is 1.40. The molecule has 0 fully saturated rings. The van der Waals surface area contributed by atoms with E-state index in [9.17, 15) is 22.8 Å². The number of hydrogen-bond acceptors (Lipinski definition) is 4. The minimum absolute atomic E-state index is 0.0380. The second kappa shape index (κ2) is 9.58. The van der Waals surface area contributed by atoms with E-state index in [0.29, 0.717) is 28.1 Å². The summed E-state index contributed by atoms with van der Waals surface area (Å²) in [6.45, 7) is 0.244. The van der Waals surface area contributed by atoms with Crippen LogP contribution in [-0.2, 0) is 19.3 Å². The number of benzene rings is 3. The highest BCUT2D eigenvalue weighted by Crippen LogP contribution is 2.42. The first kappa shape index (κ1) is 23.7. The number of fused-ring (bicyclic) bond motifs is 2.